The van der Waals surface area contributed by atoms with Crippen molar-refractivity contribution < 1.29 is 0 Å². The Hall–Kier alpha value is -1.76. The Morgan fingerprint density at radius 1 is 0.800 bits per heavy atom. The highest BCUT2D eigenvalue weighted by Gasteiger charge is 2.60. The van der Waals surface area contributed by atoms with Gasteiger partial charge in [-0.2, -0.15) is 0 Å². The molecule has 0 amide bonds. The van der Waals surface area contributed by atoms with Gasteiger partial charge in [0.2, 0.25) is 0 Å². The van der Waals surface area contributed by atoms with Crippen molar-refractivity contribution in [2.45, 2.75) is 31.1 Å². The minimum absolute atomic E-state index is 0.247. The average Bonchev–Trinajstić information content (AvgIpc) is 3.36. The van der Waals surface area contributed by atoms with Gasteiger partial charge in [0, 0.05) is 11.1 Å². The second kappa shape index (κ2) is 3.46. The fraction of sp³-hybridized carbons (Fsp3) is 0.368. The summed E-state index contributed by atoms with van der Waals surface area (Å²) in [5, 5.41) is 0. The third-order valence-corrected chi connectivity index (χ3v) is 5.62. The molecule has 1 nitrogen and oxygen atoms in total. The Labute approximate surface area is 119 Å². The molecule has 0 spiro atoms. The second-order valence-corrected chi connectivity index (χ2v) is 6.73. The van der Waals surface area contributed by atoms with Crippen LogP contribution in [0.4, 0.5) is 5.69 Å². The molecular weight excluding hydrogens is 242 g/mol. The van der Waals surface area contributed by atoms with Crippen molar-refractivity contribution in [3.05, 3.63) is 53.6 Å². The number of rotatable bonds is 2. The molecular formula is C19H19N. The van der Waals surface area contributed by atoms with E-state index in [1.807, 2.05) is 0 Å². The average molecular weight is 261 g/mol. The second-order valence-electron chi connectivity index (χ2n) is 6.73. The smallest absolute Gasteiger partial charge is 0.0362 e. The van der Waals surface area contributed by atoms with Crippen molar-refractivity contribution in [3.63, 3.8) is 0 Å². The Kier molecular flexibility index (Phi) is 1.90. The van der Waals surface area contributed by atoms with Crippen LogP contribution >= 0.6 is 0 Å². The number of hydrogen-bond acceptors (Lipinski definition) is 1. The van der Waals surface area contributed by atoms with Crippen molar-refractivity contribution in [1.29, 1.82) is 0 Å². The number of hydrogen-bond donors (Lipinski definition) is 1. The fourth-order valence-corrected chi connectivity index (χ4v) is 4.73. The minimum atomic E-state index is 0.247. The molecule has 3 aliphatic rings. The number of anilines is 1. The summed E-state index contributed by atoms with van der Waals surface area (Å²) < 4.78 is 0. The molecule has 20 heavy (non-hydrogen) atoms. The molecule has 2 aromatic rings. The molecule has 5 rings (SSSR count). The highest BCUT2D eigenvalue weighted by Crippen LogP contribution is 2.68. The largest absolute Gasteiger partial charge is 0.398 e. The van der Waals surface area contributed by atoms with Gasteiger partial charge < -0.3 is 5.73 Å². The standard InChI is InChI=1S/C19H19N/c20-17-7-3-5-15-14-4-1-2-6-16(14)19(18(15)17,12-8-9-12)13-10-11-13/h1-7,12-13H,8-11,20H2. The zero-order chi connectivity index (χ0) is 13.3. The van der Waals surface area contributed by atoms with Crippen molar-refractivity contribution in [2.24, 2.45) is 11.8 Å². The molecule has 2 fully saturated rings. The van der Waals surface area contributed by atoms with Crippen LogP contribution in [-0.2, 0) is 5.41 Å². The van der Waals surface area contributed by atoms with Crippen LogP contribution in [0.2, 0.25) is 0 Å². The van der Waals surface area contributed by atoms with E-state index in [1.54, 1.807) is 5.56 Å². The normalized spacial score (nSPS) is 22.4. The van der Waals surface area contributed by atoms with Crippen LogP contribution < -0.4 is 5.73 Å². The van der Waals surface area contributed by atoms with Crippen LogP contribution in [-0.4, -0.2) is 0 Å². The summed E-state index contributed by atoms with van der Waals surface area (Å²) in [4.78, 5) is 0. The SMILES string of the molecule is Nc1cccc2c1C(C1CC1)(C1CC1)c1ccccc1-2. The Morgan fingerprint density at radius 3 is 2.15 bits per heavy atom. The first-order chi connectivity index (χ1) is 9.83. The number of nitrogen functional groups attached to an aromatic ring is 1. The first-order valence-corrected chi connectivity index (χ1v) is 7.82. The van der Waals surface area contributed by atoms with E-state index in [1.165, 1.54) is 42.4 Å². The lowest BCUT2D eigenvalue weighted by molar-refractivity contribution is 0.401. The summed E-state index contributed by atoms with van der Waals surface area (Å²) in [6.45, 7) is 0. The van der Waals surface area contributed by atoms with E-state index in [2.05, 4.69) is 42.5 Å². The lowest BCUT2D eigenvalue weighted by atomic mass is 9.69. The third kappa shape index (κ3) is 1.15. The molecule has 0 heterocycles. The summed E-state index contributed by atoms with van der Waals surface area (Å²) in [5.41, 5.74) is 13.6. The molecule has 0 unspecified atom stereocenters. The highest BCUT2D eigenvalue weighted by molar-refractivity contribution is 5.86. The van der Waals surface area contributed by atoms with Gasteiger partial charge in [0.15, 0.2) is 0 Å². The summed E-state index contributed by atoms with van der Waals surface area (Å²) in [7, 11) is 0. The zero-order valence-corrected chi connectivity index (χ0v) is 11.6. The first kappa shape index (κ1) is 11.0. The van der Waals surface area contributed by atoms with E-state index in [0.29, 0.717) is 0 Å². The monoisotopic (exact) mass is 261 g/mol. The third-order valence-electron chi connectivity index (χ3n) is 5.62. The van der Waals surface area contributed by atoms with E-state index < -0.39 is 0 Å². The molecule has 0 saturated heterocycles. The van der Waals surface area contributed by atoms with Gasteiger partial charge in [-0.25, -0.2) is 0 Å². The van der Waals surface area contributed by atoms with Crippen LogP contribution in [0.3, 0.4) is 0 Å². The predicted octanol–water partition coefficient (Wildman–Crippen LogP) is 4.36. The molecule has 2 N–H and O–H groups in total. The van der Waals surface area contributed by atoms with Crippen LogP contribution in [0.5, 0.6) is 0 Å². The molecule has 0 aromatic heterocycles. The van der Waals surface area contributed by atoms with Crippen molar-refractivity contribution in [1.82, 2.24) is 0 Å². The van der Waals surface area contributed by atoms with Gasteiger partial charge in [-0.3, -0.25) is 0 Å². The van der Waals surface area contributed by atoms with Crippen LogP contribution in [0.1, 0.15) is 36.8 Å². The maximum absolute atomic E-state index is 6.46. The topological polar surface area (TPSA) is 26.0 Å². The van der Waals surface area contributed by atoms with Crippen LogP contribution in [0.25, 0.3) is 11.1 Å². The Morgan fingerprint density at radius 2 is 1.45 bits per heavy atom. The fourth-order valence-electron chi connectivity index (χ4n) is 4.73. The molecule has 0 aliphatic heterocycles. The quantitative estimate of drug-likeness (QED) is 0.799. The van der Waals surface area contributed by atoms with Gasteiger partial charge in [-0.05, 0) is 65.8 Å². The van der Waals surface area contributed by atoms with E-state index in [9.17, 15) is 0 Å². The van der Waals surface area contributed by atoms with E-state index in [-0.39, 0.29) is 5.41 Å². The molecule has 0 bridgehead atoms. The Bertz CT molecular complexity index is 695. The van der Waals surface area contributed by atoms with E-state index >= 15 is 0 Å². The van der Waals surface area contributed by atoms with E-state index in [0.717, 1.165) is 17.5 Å². The molecule has 1 heteroatoms. The van der Waals surface area contributed by atoms with Crippen molar-refractivity contribution in [3.8, 4) is 11.1 Å². The molecule has 2 aromatic carbocycles. The zero-order valence-electron chi connectivity index (χ0n) is 11.6. The highest BCUT2D eigenvalue weighted by atomic mass is 14.7. The summed E-state index contributed by atoms with van der Waals surface area (Å²) in [6.07, 6.45) is 5.49. The van der Waals surface area contributed by atoms with Crippen LogP contribution in [0.15, 0.2) is 42.5 Å². The molecule has 3 aliphatic carbocycles. The van der Waals surface area contributed by atoms with Gasteiger partial charge in [0.1, 0.15) is 0 Å². The Balaban J connectivity index is 1.92. The maximum atomic E-state index is 6.46. The van der Waals surface area contributed by atoms with E-state index in [4.69, 9.17) is 5.73 Å². The molecule has 2 saturated carbocycles. The summed E-state index contributed by atoms with van der Waals surface area (Å²) in [6, 6.07) is 15.5. The minimum Gasteiger partial charge on any atom is -0.398 e. The lowest BCUT2D eigenvalue weighted by Gasteiger charge is -2.33. The van der Waals surface area contributed by atoms with Gasteiger partial charge in [-0.1, -0.05) is 36.4 Å². The molecule has 0 atom stereocenters. The van der Waals surface area contributed by atoms with Crippen molar-refractivity contribution >= 4 is 5.69 Å². The summed E-state index contributed by atoms with van der Waals surface area (Å²) >= 11 is 0. The van der Waals surface area contributed by atoms with Gasteiger partial charge in [-0.15, -0.1) is 0 Å². The number of nitrogens with two attached hydrogens (primary N) is 1. The molecule has 100 valence electrons. The van der Waals surface area contributed by atoms with Gasteiger partial charge in [0.05, 0.1) is 0 Å². The number of benzene rings is 2. The molecule has 0 radical (unpaired) electrons. The van der Waals surface area contributed by atoms with Crippen LogP contribution in [0, 0.1) is 11.8 Å². The van der Waals surface area contributed by atoms with Crippen molar-refractivity contribution in [2.75, 3.05) is 5.73 Å². The lowest BCUT2D eigenvalue weighted by Crippen LogP contribution is -2.31. The van der Waals surface area contributed by atoms with Gasteiger partial charge >= 0.3 is 0 Å². The number of fused-ring (bicyclic) bond motifs is 3. The van der Waals surface area contributed by atoms with Gasteiger partial charge in [0.25, 0.3) is 0 Å². The summed E-state index contributed by atoms with van der Waals surface area (Å²) in [5.74, 6) is 1.64. The predicted molar refractivity (Wildman–Crippen MR) is 82.5 cm³/mol. The maximum Gasteiger partial charge on any atom is 0.0362 e. The first-order valence-electron chi connectivity index (χ1n) is 7.82.